The Bertz CT molecular complexity index is 1370. The fraction of sp³-hybridized carbons (Fsp3) is 0.333. The summed E-state index contributed by atoms with van der Waals surface area (Å²) in [6.45, 7) is 2.20. The molecule has 0 atom stereocenters. The maximum absolute atomic E-state index is 15.2. The fourth-order valence-electron chi connectivity index (χ4n) is 4.42. The van der Waals surface area contributed by atoms with Gasteiger partial charge in [-0.3, -0.25) is 0 Å². The number of aromatic nitrogens is 2. The van der Waals surface area contributed by atoms with Crippen molar-refractivity contribution in [2.45, 2.75) is 64.7 Å². The molecule has 8 heteroatoms. The number of hydrogen-bond acceptors (Lipinski definition) is 3. The van der Waals surface area contributed by atoms with E-state index in [1.807, 2.05) is 24.5 Å². The summed E-state index contributed by atoms with van der Waals surface area (Å²) in [6.07, 6.45) is 6.23. The van der Waals surface area contributed by atoms with E-state index < -0.39 is 17.9 Å². The molecule has 0 radical (unpaired) electrons. The van der Waals surface area contributed by atoms with E-state index in [0.29, 0.717) is 27.7 Å². The molecule has 4 rings (SSSR count). The van der Waals surface area contributed by atoms with Crippen LogP contribution in [-0.4, -0.2) is 16.3 Å². The number of ether oxygens (including phenoxy) is 1. The van der Waals surface area contributed by atoms with Crippen molar-refractivity contribution >= 4 is 10.8 Å². The third kappa shape index (κ3) is 7.27. The number of benzene rings is 3. The van der Waals surface area contributed by atoms with E-state index in [1.54, 1.807) is 18.2 Å². The lowest BCUT2D eigenvalue weighted by Gasteiger charge is -2.11. The molecule has 1 heterocycles. The molecular formula is C30H29F5N2O. The molecule has 0 aliphatic heterocycles. The molecule has 0 saturated carbocycles. The Kier molecular flexibility index (Phi) is 8.92. The highest BCUT2D eigenvalue weighted by Gasteiger charge is 2.32. The van der Waals surface area contributed by atoms with E-state index >= 15 is 4.39 Å². The van der Waals surface area contributed by atoms with Gasteiger partial charge in [0.2, 0.25) is 0 Å². The number of aryl methyl sites for hydroxylation is 3. The number of alkyl halides is 3. The van der Waals surface area contributed by atoms with E-state index in [4.69, 9.17) is 0 Å². The van der Waals surface area contributed by atoms with Gasteiger partial charge in [0.1, 0.15) is 5.82 Å². The van der Waals surface area contributed by atoms with Gasteiger partial charge in [0.25, 0.3) is 0 Å². The second-order valence-electron chi connectivity index (χ2n) is 9.37. The van der Waals surface area contributed by atoms with Crippen molar-refractivity contribution < 1.29 is 26.7 Å². The molecule has 0 spiro atoms. The SMILES string of the molecule is CCCCCCCc1cnc(-c2ccc3c(F)c(CCc4ccc(OC(F)(F)F)c(F)c4)ccc3c2)nc1. The number of rotatable bonds is 11. The minimum atomic E-state index is -4.97. The van der Waals surface area contributed by atoms with Crippen molar-refractivity contribution in [1.82, 2.24) is 9.97 Å². The predicted molar refractivity (Wildman–Crippen MR) is 138 cm³/mol. The molecule has 3 aromatic carbocycles. The summed E-state index contributed by atoms with van der Waals surface area (Å²) in [7, 11) is 0. The first-order valence-corrected chi connectivity index (χ1v) is 12.8. The number of fused-ring (bicyclic) bond motifs is 1. The lowest BCUT2D eigenvalue weighted by molar-refractivity contribution is -0.275. The van der Waals surface area contributed by atoms with E-state index in [1.165, 1.54) is 31.7 Å². The maximum atomic E-state index is 15.2. The molecule has 3 nitrogen and oxygen atoms in total. The molecule has 0 fully saturated rings. The summed E-state index contributed by atoms with van der Waals surface area (Å²) >= 11 is 0. The Labute approximate surface area is 218 Å². The zero-order chi connectivity index (χ0) is 27.1. The van der Waals surface area contributed by atoms with Gasteiger partial charge in [-0.1, -0.05) is 62.9 Å². The summed E-state index contributed by atoms with van der Waals surface area (Å²) in [5, 5.41) is 1.14. The Balaban J connectivity index is 1.41. The van der Waals surface area contributed by atoms with Crippen molar-refractivity contribution in [2.75, 3.05) is 0 Å². The van der Waals surface area contributed by atoms with E-state index in [0.717, 1.165) is 36.1 Å². The predicted octanol–water partition coefficient (Wildman–Crippen LogP) is 8.77. The molecular weight excluding hydrogens is 499 g/mol. The van der Waals surface area contributed by atoms with Crippen LogP contribution in [0.5, 0.6) is 5.75 Å². The summed E-state index contributed by atoms with van der Waals surface area (Å²) in [6, 6.07) is 12.0. The van der Waals surface area contributed by atoms with Gasteiger partial charge in [-0.25, -0.2) is 18.7 Å². The van der Waals surface area contributed by atoms with E-state index in [2.05, 4.69) is 21.6 Å². The largest absolute Gasteiger partial charge is 0.573 e. The van der Waals surface area contributed by atoms with Crippen LogP contribution in [0.4, 0.5) is 22.0 Å². The van der Waals surface area contributed by atoms with E-state index in [9.17, 15) is 17.6 Å². The van der Waals surface area contributed by atoms with Crippen LogP contribution in [-0.2, 0) is 19.3 Å². The Morgan fingerprint density at radius 2 is 1.53 bits per heavy atom. The van der Waals surface area contributed by atoms with Crippen LogP contribution >= 0.6 is 0 Å². The van der Waals surface area contributed by atoms with Crippen LogP contribution in [0.15, 0.2) is 60.9 Å². The summed E-state index contributed by atoms with van der Waals surface area (Å²) in [4.78, 5) is 9.00. The standard InChI is InChI=1S/C30H29F5N2O/c1-2-3-4-5-6-7-21-18-36-29(37-19-21)24-13-14-25-23(17-24)12-11-22(28(25)32)10-8-20-9-15-27(26(31)16-20)38-30(33,34)35/h9,11-19H,2-8,10H2,1H3. The molecule has 38 heavy (non-hydrogen) atoms. The molecule has 0 amide bonds. The zero-order valence-corrected chi connectivity index (χ0v) is 21.1. The molecule has 0 bridgehead atoms. The first-order valence-electron chi connectivity index (χ1n) is 12.8. The molecule has 0 unspecified atom stereocenters. The van der Waals surface area contributed by atoms with Gasteiger partial charge in [-0.2, -0.15) is 0 Å². The molecule has 0 saturated heterocycles. The molecule has 0 aliphatic carbocycles. The van der Waals surface area contributed by atoms with Crippen LogP contribution in [0, 0.1) is 11.6 Å². The van der Waals surface area contributed by atoms with Crippen LogP contribution in [0.2, 0.25) is 0 Å². The average Bonchev–Trinajstić information content (AvgIpc) is 2.89. The zero-order valence-electron chi connectivity index (χ0n) is 21.1. The highest BCUT2D eigenvalue weighted by atomic mass is 19.4. The topological polar surface area (TPSA) is 35.0 Å². The van der Waals surface area contributed by atoms with Crippen molar-refractivity contribution in [3.63, 3.8) is 0 Å². The molecule has 1 aromatic heterocycles. The third-order valence-electron chi connectivity index (χ3n) is 6.47. The number of halogens is 5. The highest BCUT2D eigenvalue weighted by Crippen LogP contribution is 2.29. The molecule has 0 N–H and O–H groups in total. The van der Waals surface area contributed by atoms with E-state index in [-0.39, 0.29) is 18.7 Å². The Morgan fingerprint density at radius 1 is 0.763 bits per heavy atom. The van der Waals surface area contributed by atoms with Gasteiger partial charge in [0, 0.05) is 23.3 Å². The monoisotopic (exact) mass is 528 g/mol. The van der Waals surface area contributed by atoms with Gasteiger partial charge in [-0.15, -0.1) is 13.2 Å². The maximum Gasteiger partial charge on any atom is 0.573 e. The van der Waals surface area contributed by atoms with Crippen LogP contribution in [0.3, 0.4) is 0 Å². The van der Waals surface area contributed by atoms with Crippen molar-refractivity contribution in [3.05, 3.63) is 89.2 Å². The Hall–Kier alpha value is -3.55. The Morgan fingerprint density at radius 3 is 2.24 bits per heavy atom. The quantitative estimate of drug-likeness (QED) is 0.144. The number of unbranched alkanes of at least 4 members (excludes halogenated alkanes) is 4. The second-order valence-corrected chi connectivity index (χ2v) is 9.37. The minimum Gasteiger partial charge on any atom is -0.403 e. The second kappa shape index (κ2) is 12.3. The molecule has 4 aromatic rings. The number of hydrogen-bond donors (Lipinski definition) is 0. The minimum absolute atomic E-state index is 0.253. The number of nitrogens with zero attached hydrogens (tertiary/aromatic N) is 2. The van der Waals surface area contributed by atoms with Gasteiger partial charge in [0.15, 0.2) is 17.4 Å². The molecule has 0 aliphatic rings. The van der Waals surface area contributed by atoms with Crippen molar-refractivity contribution in [2.24, 2.45) is 0 Å². The molecule has 200 valence electrons. The summed E-state index contributed by atoms with van der Waals surface area (Å²) < 4.78 is 69.9. The van der Waals surface area contributed by atoms with Gasteiger partial charge < -0.3 is 4.74 Å². The normalized spacial score (nSPS) is 11.7. The van der Waals surface area contributed by atoms with Crippen LogP contribution in [0.1, 0.15) is 55.7 Å². The van der Waals surface area contributed by atoms with Crippen LogP contribution < -0.4 is 4.74 Å². The van der Waals surface area contributed by atoms with Crippen LogP contribution in [0.25, 0.3) is 22.2 Å². The average molecular weight is 529 g/mol. The summed E-state index contributed by atoms with van der Waals surface area (Å²) in [5.74, 6) is -1.82. The summed E-state index contributed by atoms with van der Waals surface area (Å²) in [5.41, 5.74) is 2.76. The lowest BCUT2D eigenvalue weighted by Crippen LogP contribution is -2.18. The van der Waals surface area contributed by atoms with Gasteiger partial charge in [-0.05, 0) is 66.0 Å². The third-order valence-corrected chi connectivity index (χ3v) is 6.47. The van der Waals surface area contributed by atoms with Crippen molar-refractivity contribution in [1.29, 1.82) is 0 Å². The van der Waals surface area contributed by atoms with Gasteiger partial charge >= 0.3 is 6.36 Å². The smallest absolute Gasteiger partial charge is 0.403 e. The van der Waals surface area contributed by atoms with Crippen molar-refractivity contribution in [3.8, 4) is 17.1 Å². The lowest BCUT2D eigenvalue weighted by atomic mass is 9.99. The van der Waals surface area contributed by atoms with Gasteiger partial charge in [0.05, 0.1) is 0 Å². The first-order chi connectivity index (χ1) is 18.2. The highest BCUT2D eigenvalue weighted by molar-refractivity contribution is 5.87. The first kappa shape index (κ1) is 27.5. The fourth-order valence-corrected chi connectivity index (χ4v) is 4.42.